The van der Waals surface area contributed by atoms with Gasteiger partial charge in [0, 0.05) is 0 Å². The van der Waals surface area contributed by atoms with E-state index >= 15 is 0 Å². The fourth-order valence-electron chi connectivity index (χ4n) is 1.46. The van der Waals surface area contributed by atoms with Crippen LogP contribution in [0, 0.1) is 0 Å². The topological polar surface area (TPSA) is 58.9 Å². The Hall–Kier alpha value is -0.755. The maximum Gasteiger partial charge on any atom is 0.486 e. The van der Waals surface area contributed by atoms with Gasteiger partial charge < -0.3 is 10.0 Å². The van der Waals surface area contributed by atoms with Crippen LogP contribution in [-0.2, 0) is 9.47 Å². The molecule has 7 heteroatoms. The Kier molecular flexibility index (Phi) is 2.19. The van der Waals surface area contributed by atoms with Crippen molar-refractivity contribution in [1.82, 2.24) is 0 Å². The summed E-state index contributed by atoms with van der Waals surface area (Å²) in [5.74, 6) is 0. The van der Waals surface area contributed by atoms with Crippen LogP contribution in [-0.4, -0.2) is 35.7 Å². The number of hydrogen-bond donors (Lipinski definition) is 2. The first kappa shape index (κ1) is 9.79. The summed E-state index contributed by atoms with van der Waals surface area (Å²) in [4.78, 5) is 0. The van der Waals surface area contributed by atoms with Gasteiger partial charge in [0.2, 0.25) is 0 Å². The van der Waals surface area contributed by atoms with Crippen molar-refractivity contribution in [3.8, 4) is 0 Å². The fourth-order valence-corrected chi connectivity index (χ4v) is 1.46. The summed E-state index contributed by atoms with van der Waals surface area (Å²) in [5.41, 5.74) is -0.0327. The molecule has 14 heavy (non-hydrogen) atoms. The summed E-state index contributed by atoms with van der Waals surface area (Å²) in [5, 5.41) is 17.7. The van der Waals surface area contributed by atoms with E-state index in [1.165, 1.54) is 18.2 Å². The molecular weight excluding hydrogens is 197 g/mol. The Balaban J connectivity index is 2.24. The first-order valence-corrected chi connectivity index (χ1v) is 3.97. The van der Waals surface area contributed by atoms with Crippen molar-refractivity contribution in [2.24, 2.45) is 0 Å². The van der Waals surface area contributed by atoms with E-state index in [0.29, 0.717) is 0 Å². The number of hydrogen-bond acceptors (Lipinski definition) is 4. The van der Waals surface area contributed by atoms with E-state index in [-0.39, 0.29) is 5.47 Å². The molecule has 0 spiro atoms. The second-order valence-corrected chi connectivity index (χ2v) is 3.01. The van der Waals surface area contributed by atoms with E-state index in [1.807, 2.05) is 0 Å². The van der Waals surface area contributed by atoms with Gasteiger partial charge >= 0.3 is 13.4 Å². The monoisotopic (exact) mass is 204 g/mol. The molecule has 1 fully saturated rings. The molecular formula is C7H7BF2O4. The maximum atomic E-state index is 12.6. The number of ether oxygens (including phenoxy) is 2. The average Bonchev–Trinajstić information content (AvgIpc) is 2.36. The molecule has 0 radical (unpaired) electrons. The number of halogens is 2. The summed E-state index contributed by atoms with van der Waals surface area (Å²) < 4.78 is 33.7. The van der Waals surface area contributed by atoms with E-state index in [0.717, 1.165) is 0 Å². The first-order chi connectivity index (χ1) is 6.49. The Bertz CT molecular complexity index is 302. The lowest BCUT2D eigenvalue weighted by molar-refractivity contribution is -0.347. The Morgan fingerprint density at radius 3 is 2.71 bits per heavy atom. The van der Waals surface area contributed by atoms with Gasteiger partial charge in [-0.2, -0.15) is 0 Å². The highest BCUT2D eigenvalue weighted by Crippen LogP contribution is 2.37. The molecule has 0 aromatic rings. The minimum absolute atomic E-state index is 0.0327. The van der Waals surface area contributed by atoms with Crippen molar-refractivity contribution in [2.75, 3.05) is 0 Å². The van der Waals surface area contributed by atoms with Crippen LogP contribution in [0.25, 0.3) is 0 Å². The van der Waals surface area contributed by atoms with Crippen molar-refractivity contribution < 1.29 is 28.3 Å². The Morgan fingerprint density at radius 1 is 1.36 bits per heavy atom. The molecule has 1 saturated heterocycles. The van der Waals surface area contributed by atoms with Crippen LogP contribution in [0.5, 0.6) is 0 Å². The minimum atomic E-state index is -3.67. The molecule has 0 aromatic heterocycles. The minimum Gasteiger partial charge on any atom is -0.423 e. The number of fused-ring (bicyclic) bond motifs is 1. The van der Waals surface area contributed by atoms with Gasteiger partial charge in [0.05, 0.1) is 0 Å². The molecule has 2 N–H and O–H groups in total. The van der Waals surface area contributed by atoms with Crippen LogP contribution < -0.4 is 0 Å². The summed E-state index contributed by atoms with van der Waals surface area (Å²) >= 11 is 0. The first-order valence-electron chi connectivity index (χ1n) is 3.97. The molecule has 2 atom stereocenters. The third-order valence-corrected chi connectivity index (χ3v) is 2.05. The van der Waals surface area contributed by atoms with Gasteiger partial charge in [-0.25, -0.2) is 0 Å². The summed E-state index contributed by atoms with van der Waals surface area (Å²) in [6.45, 7) is 0. The Morgan fingerprint density at radius 2 is 2.07 bits per heavy atom. The molecule has 1 heterocycles. The van der Waals surface area contributed by atoms with Crippen LogP contribution in [0.15, 0.2) is 23.7 Å². The lowest BCUT2D eigenvalue weighted by Gasteiger charge is -2.18. The van der Waals surface area contributed by atoms with Gasteiger partial charge in [0.15, 0.2) is 0 Å². The molecule has 0 aromatic carbocycles. The molecule has 4 nitrogen and oxygen atoms in total. The van der Waals surface area contributed by atoms with Gasteiger partial charge in [-0.3, -0.25) is 9.47 Å². The molecule has 1 aliphatic carbocycles. The largest absolute Gasteiger partial charge is 0.486 e. The molecule has 0 saturated carbocycles. The highest BCUT2D eigenvalue weighted by atomic mass is 19.3. The predicted molar refractivity (Wildman–Crippen MR) is 42.1 cm³/mol. The van der Waals surface area contributed by atoms with Gasteiger partial charge in [-0.05, 0) is 5.47 Å². The highest BCUT2D eigenvalue weighted by Gasteiger charge is 2.51. The number of allylic oxidation sites excluding steroid dienone is 2. The second-order valence-electron chi connectivity index (χ2n) is 3.01. The van der Waals surface area contributed by atoms with Crippen molar-refractivity contribution in [3.05, 3.63) is 23.7 Å². The quantitative estimate of drug-likeness (QED) is 0.582. The number of rotatable bonds is 1. The van der Waals surface area contributed by atoms with Crippen LogP contribution in [0.3, 0.4) is 0 Å². The number of alkyl halides is 2. The zero-order valence-corrected chi connectivity index (χ0v) is 6.93. The zero-order valence-electron chi connectivity index (χ0n) is 6.93. The van der Waals surface area contributed by atoms with E-state index in [9.17, 15) is 8.78 Å². The lowest BCUT2D eigenvalue weighted by atomic mass is 9.72. The van der Waals surface area contributed by atoms with E-state index in [1.54, 1.807) is 0 Å². The van der Waals surface area contributed by atoms with Crippen LogP contribution in [0.1, 0.15) is 0 Å². The van der Waals surface area contributed by atoms with E-state index < -0.39 is 25.6 Å². The van der Waals surface area contributed by atoms with Crippen molar-refractivity contribution in [1.29, 1.82) is 0 Å². The van der Waals surface area contributed by atoms with Crippen LogP contribution in [0.4, 0.5) is 8.78 Å². The van der Waals surface area contributed by atoms with Crippen molar-refractivity contribution >= 4 is 7.12 Å². The molecule has 76 valence electrons. The van der Waals surface area contributed by atoms with Gasteiger partial charge in [-0.15, -0.1) is 8.78 Å². The smallest absolute Gasteiger partial charge is 0.423 e. The Labute approximate surface area is 78.6 Å². The van der Waals surface area contributed by atoms with E-state index in [4.69, 9.17) is 10.0 Å². The van der Waals surface area contributed by atoms with E-state index in [2.05, 4.69) is 9.47 Å². The average molecular weight is 204 g/mol. The molecule has 2 rings (SSSR count). The zero-order chi connectivity index (χ0) is 10.3. The van der Waals surface area contributed by atoms with Gasteiger partial charge in [-0.1, -0.05) is 18.2 Å². The summed E-state index contributed by atoms with van der Waals surface area (Å²) in [6.07, 6.45) is -1.66. The summed E-state index contributed by atoms with van der Waals surface area (Å²) in [6, 6.07) is 0. The predicted octanol–water partition coefficient (Wildman–Crippen LogP) is -0.171. The molecule has 1 aliphatic heterocycles. The highest BCUT2D eigenvalue weighted by molar-refractivity contribution is 6.51. The van der Waals surface area contributed by atoms with Gasteiger partial charge in [0.1, 0.15) is 12.2 Å². The van der Waals surface area contributed by atoms with Crippen molar-refractivity contribution in [2.45, 2.75) is 18.5 Å². The van der Waals surface area contributed by atoms with Crippen LogP contribution >= 0.6 is 0 Å². The third-order valence-electron chi connectivity index (χ3n) is 2.05. The standard InChI is InChI=1S/C7H7BF2O4/c9-7(10)13-5-3-1-2-4(8(11)12)6(5)14-7/h1-3,5-6,11-12H. The maximum absolute atomic E-state index is 12.6. The molecule has 0 amide bonds. The normalized spacial score (nSPS) is 33.9. The van der Waals surface area contributed by atoms with Gasteiger partial charge in [0.25, 0.3) is 0 Å². The molecule has 2 unspecified atom stereocenters. The second kappa shape index (κ2) is 3.13. The summed E-state index contributed by atoms with van der Waals surface area (Å²) in [7, 11) is -1.81. The fraction of sp³-hybridized carbons (Fsp3) is 0.429. The SMILES string of the molecule is OB(O)C1=CC=CC2OC(F)(F)OC12. The van der Waals surface area contributed by atoms with Crippen molar-refractivity contribution in [3.63, 3.8) is 0 Å². The molecule has 0 bridgehead atoms. The third kappa shape index (κ3) is 1.59. The molecule has 2 aliphatic rings. The lowest BCUT2D eigenvalue weighted by Crippen LogP contribution is -2.34. The van der Waals surface area contributed by atoms with Crippen LogP contribution in [0.2, 0.25) is 0 Å².